The Labute approximate surface area is 91.8 Å². The lowest BCUT2D eigenvalue weighted by molar-refractivity contribution is -0.124. The van der Waals surface area contributed by atoms with Crippen LogP contribution in [0.5, 0.6) is 0 Å². The summed E-state index contributed by atoms with van der Waals surface area (Å²) in [6.45, 7) is 2.85. The lowest BCUT2D eigenvalue weighted by atomic mass is 9.66. The normalized spacial score (nSPS) is 31.9. The largest absolute Gasteiger partial charge is 0.353 e. The first-order valence-electron chi connectivity index (χ1n) is 6.18. The Kier molecular flexibility index (Phi) is 3.01. The summed E-state index contributed by atoms with van der Waals surface area (Å²) >= 11 is 0. The maximum atomic E-state index is 11.8. The average Bonchev–Trinajstić information content (AvgIpc) is 2.90. The van der Waals surface area contributed by atoms with E-state index in [1.165, 1.54) is 19.3 Å². The van der Waals surface area contributed by atoms with Crippen LogP contribution in [0.4, 0.5) is 0 Å². The monoisotopic (exact) mass is 210 g/mol. The summed E-state index contributed by atoms with van der Waals surface area (Å²) < 4.78 is 0. The Morgan fingerprint density at radius 2 is 2.27 bits per heavy atom. The predicted molar refractivity (Wildman–Crippen MR) is 60.3 cm³/mol. The minimum absolute atomic E-state index is 0.153. The molecular weight excluding hydrogens is 188 g/mol. The molecule has 0 bridgehead atoms. The van der Waals surface area contributed by atoms with Gasteiger partial charge in [-0.05, 0) is 37.1 Å². The van der Waals surface area contributed by atoms with Crippen LogP contribution in [0, 0.1) is 11.3 Å². The number of carbonyl (C=O) groups is 1. The average molecular weight is 210 g/mol. The molecule has 86 valence electrons. The van der Waals surface area contributed by atoms with E-state index in [9.17, 15) is 4.79 Å². The molecule has 0 aromatic heterocycles. The highest BCUT2D eigenvalue weighted by Gasteiger charge is 2.40. The van der Waals surface area contributed by atoms with Crippen LogP contribution in [-0.4, -0.2) is 18.5 Å². The number of carbonyl (C=O) groups excluding carboxylic acids is 1. The second kappa shape index (κ2) is 4.12. The summed E-state index contributed by atoms with van der Waals surface area (Å²) in [4.78, 5) is 11.8. The molecule has 0 heterocycles. The van der Waals surface area contributed by atoms with Crippen molar-refractivity contribution in [2.45, 2.75) is 51.5 Å². The van der Waals surface area contributed by atoms with Gasteiger partial charge in [-0.3, -0.25) is 4.79 Å². The highest BCUT2D eigenvalue weighted by atomic mass is 16.1. The topological polar surface area (TPSA) is 55.1 Å². The fraction of sp³-hybridized carbons (Fsp3) is 0.917. The summed E-state index contributed by atoms with van der Waals surface area (Å²) in [6.07, 6.45) is 6.53. The van der Waals surface area contributed by atoms with Gasteiger partial charge in [0, 0.05) is 12.5 Å². The van der Waals surface area contributed by atoms with Gasteiger partial charge in [0.15, 0.2) is 0 Å². The zero-order valence-electron chi connectivity index (χ0n) is 9.59. The molecule has 15 heavy (non-hydrogen) atoms. The van der Waals surface area contributed by atoms with E-state index in [4.69, 9.17) is 5.73 Å². The first-order valence-corrected chi connectivity index (χ1v) is 6.18. The third kappa shape index (κ3) is 2.33. The summed E-state index contributed by atoms with van der Waals surface area (Å²) in [7, 11) is 0. The SMILES string of the molecule is CCC1CC1NC(=O)CC1(CN)CCC1. The van der Waals surface area contributed by atoms with Crippen LogP contribution in [0.1, 0.15) is 45.4 Å². The molecule has 2 atom stereocenters. The van der Waals surface area contributed by atoms with Crippen molar-refractivity contribution in [3.8, 4) is 0 Å². The first-order chi connectivity index (χ1) is 7.19. The highest BCUT2D eigenvalue weighted by molar-refractivity contribution is 5.77. The molecule has 0 saturated heterocycles. The fourth-order valence-corrected chi connectivity index (χ4v) is 2.60. The molecule has 0 aliphatic heterocycles. The molecule has 2 saturated carbocycles. The lowest BCUT2D eigenvalue weighted by Gasteiger charge is -2.40. The Morgan fingerprint density at radius 1 is 1.53 bits per heavy atom. The van der Waals surface area contributed by atoms with Crippen LogP contribution in [0.3, 0.4) is 0 Å². The molecule has 3 nitrogen and oxygen atoms in total. The van der Waals surface area contributed by atoms with Crippen molar-refractivity contribution in [3.63, 3.8) is 0 Å². The fourth-order valence-electron chi connectivity index (χ4n) is 2.60. The zero-order valence-corrected chi connectivity index (χ0v) is 9.59. The van der Waals surface area contributed by atoms with E-state index in [1.807, 2.05) is 0 Å². The molecule has 2 rings (SSSR count). The van der Waals surface area contributed by atoms with Crippen LogP contribution >= 0.6 is 0 Å². The molecule has 0 radical (unpaired) electrons. The molecule has 0 aromatic rings. The number of hydrogen-bond acceptors (Lipinski definition) is 2. The van der Waals surface area contributed by atoms with Gasteiger partial charge in [0.1, 0.15) is 0 Å². The van der Waals surface area contributed by atoms with E-state index in [1.54, 1.807) is 0 Å². The molecule has 2 aliphatic rings. The number of rotatable bonds is 5. The summed E-state index contributed by atoms with van der Waals surface area (Å²) in [5.74, 6) is 0.963. The maximum Gasteiger partial charge on any atom is 0.220 e. The second-order valence-corrected chi connectivity index (χ2v) is 5.31. The molecule has 2 unspecified atom stereocenters. The molecule has 0 spiro atoms. The van der Waals surface area contributed by atoms with Gasteiger partial charge in [0.05, 0.1) is 0 Å². The molecule has 0 aromatic carbocycles. The third-order valence-corrected chi connectivity index (χ3v) is 4.18. The van der Waals surface area contributed by atoms with Crippen molar-refractivity contribution in [1.82, 2.24) is 5.32 Å². The van der Waals surface area contributed by atoms with Crippen molar-refractivity contribution in [2.24, 2.45) is 17.1 Å². The molecule has 2 aliphatic carbocycles. The van der Waals surface area contributed by atoms with Crippen molar-refractivity contribution in [1.29, 1.82) is 0 Å². The van der Waals surface area contributed by atoms with Crippen molar-refractivity contribution in [3.05, 3.63) is 0 Å². The highest BCUT2D eigenvalue weighted by Crippen LogP contribution is 2.43. The number of nitrogens with two attached hydrogens (primary N) is 1. The van der Waals surface area contributed by atoms with E-state index in [-0.39, 0.29) is 11.3 Å². The second-order valence-electron chi connectivity index (χ2n) is 5.31. The van der Waals surface area contributed by atoms with E-state index >= 15 is 0 Å². The quantitative estimate of drug-likeness (QED) is 0.721. The molecule has 1 amide bonds. The van der Waals surface area contributed by atoms with Gasteiger partial charge in [-0.15, -0.1) is 0 Å². The standard InChI is InChI=1S/C12H22N2O/c1-2-9-6-10(9)14-11(15)7-12(8-13)4-3-5-12/h9-10H,2-8,13H2,1H3,(H,14,15). The smallest absolute Gasteiger partial charge is 0.220 e. The number of hydrogen-bond donors (Lipinski definition) is 2. The Balaban J connectivity index is 1.73. The van der Waals surface area contributed by atoms with Crippen LogP contribution in [0.25, 0.3) is 0 Å². The van der Waals surface area contributed by atoms with Crippen molar-refractivity contribution in [2.75, 3.05) is 6.54 Å². The van der Waals surface area contributed by atoms with Crippen LogP contribution in [0.15, 0.2) is 0 Å². The summed E-state index contributed by atoms with van der Waals surface area (Å²) in [6, 6.07) is 0.470. The van der Waals surface area contributed by atoms with Gasteiger partial charge in [-0.25, -0.2) is 0 Å². The van der Waals surface area contributed by atoms with E-state index in [0.29, 0.717) is 19.0 Å². The third-order valence-electron chi connectivity index (χ3n) is 4.18. The maximum absolute atomic E-state index is 11.8. The lowest BCUT2D eigenvalue weighted by Crippen LogP contribution is -2.42. The first kappa shape index (κ1) is 10.9. The van der Waals surface area contributed by atoms with Crippen LogP contribution < -0.4 is 11.1 Å². The van der Waals surface area contributed by atoms with E-state index < -0.39 is 0 Å². The van der Waals surface area contributed by atoms with Gasteiger partial charge in [-0.1, -0.05) is 19.8 Å². The van der Waals surface area contributed by atoms with Gasteiger partial charge >= 0.3 is 0 Å². The predicted octanol–water partition coefficient (Wildman–Crippen LogP) is 1.42. The van der Waals surface area contributed by atoms with Crippen LogP contribution in [-0.2, 0) is 4.79 Å². The van der Waals surface area contributed by atoms with Gasteiger partial charge in [0.25, 0.3) is 0 Å². The van der Waals surface area contributed by atoms with E-state index in [0.717, 1.165) is 18.8 Å². The Hall–Kier alpha value is -0.570. The Morgan fingerprint density at radius 3 is 2.67 bits per heavy atom. The number of amides is 1. The van der Waals surface area contributed by atoms with Crippen molar-refractivity contribution < 1.29 is 4.79 Å². The summed E-state index contributed by atoms with van der Waals surface area (Å²) in [5.41, 5.74) is 5.89. The van der Waals surface area contributed by atoms with Crippen molar-refractivity contribution >= 4 is 5.91 Å². The molecule has 3 heteroatoms. The molecular formula is C12H22N2O. The minimum Gasteiger partial charge on any atom is -0.353 e. The number of nitrogens with one attached hydrogen (secondary N) is 1. The molecule has 3 N–H and O–H groups in total. The van der Waals surface area contributed by atoms with Gasteiger partial charge in [0.2, 0.25) is 5.91 Å². The van der Waals surface area contributed by atoms with Crippen LogP contribution in [0.2, 0.25) is 0 Å². The molecule has 2 fully saturated rings. The minimum atomic E-state index is 0.153. The van der Waals surface area contributed by atoms with Gasteiger partial charge < -0.3 is 11.1 Å². The summed E-state index contributed by atoms with van der Waals surface area (Å²) in [5, 5.41) is 3.12. The Bertz CT molecular complexity index is 242. The zero-order chi connectivity index (χ0) is 10.9. The van der Waals surface area contributed by atoms with E-state index in [2.05, 4.69) is 12.2 Å². The van der Waals surface area contributed by atoms with Gasteiger partial charge in [-0.2, -0.15) is 0 Å².